The minimum Gasteiger partial charge on any atom is -0.465 e. The van der Waals surface area contributed by atoms with Crippen LogP contribution in [-0.4, -0.2) is 24.5 Å². The topological polar surface area (TPSA) is 65.0 Å². The molecule has 0 radical (unpaired) electrons. The zero-order valence-corrected chi connectivity index (χ0v) is 9.09. The number of benzene rings is 1. The van der Waals surface area contributed by atoms with Crippen molar-refractivity contribution >= 4 is 5.97 Å². The van der Waals surface area contributed by atoms with Crippen LogP contribution >= 0.6 is 0 Å². The molecule has 2 aliphatic heterocycles. The second kappa shape index (κ2) is 3.92. The molecule has 5 heteroatoms. The van der Waals surface area contributed by atoms with Crippen molar-refractivity contribution in [3.05, 3.63) is 23.8 Å². The highest BCUT2D eigenvalue weighted by Crippen LogP contribution is 2.37. The molecule has 2 aliphatic rings. The second-order valence-electron chi connectivity index (χ2n) is 4.20. The van der Waals surface area contributed by atoms with Crippen molar-refractivity contribution in [2.24, 2.45) is 5.92 Å². The predicted octanol–water partition coefficient (Wildman–Crippen LogP) is 1.01. The van der Waals surface area contributed by atoms with Crippen molar-refractivity contribution in [3.8, 4) is 11.5 Å². The highest BCUT2D eigenvalue weighted by molar-refractivity contribution is 5.71. The number of esters is 1. The molecular weight excluding hydrogens is 224 g/mol. The first kappa shape index (κ1) is 10.4. The normalized spacial score (nSPS) is 23.6. The van der Waals surface area contributed by atoms with E-state index in [2.05, 4.69) is 0 Å². The molecule has 5 nitrogen and oxygen atoms in total. The summed E-state index contributed by atoms with van der Waals surface area (Å²) in [6.45, 7) is 0.481. The van der Waals surface area contributed by atoms with E-state index in [1.54, 1.807) is 18.2 Å². The van der Waals surface area contributed by atoms with Gasteiger partial charge >= 0.3 is 5.97 Å². The Morgan fingerprint density at radius 2 is 2.06 bits per heavy atom. The number of hydrogen-bond donors (Lipinski definition) is 1. The maximum atomic E-state index is 11.0. The van der Waals surface area contributed by atoms with Crippen LogP contribution in [0.2, 0.25) is 0 Å². The average molecular weight is 236 g/mol. The molecule has 1 N–H and O–H groups in total. The van der Waals surface area contributed by atoms with E-state index >= 15 is 0 Å². The van der Waals surface area contributed by atoms with E-state index in [0.29, 0.717) is 11.5 Å². The van der Waals surface area contributed by atoms with Crippen molar-refractivity contribution in [1.82, 2.24) is 0 Å². The van der Waals surface area contributed by atoms with Crippen LogP contribution in [-0.2, 0) is 9.53 Å². The molecule has 0 saturated carbocycles. The third-order valence-corrected chi connectivity index (χ3v) is 3.07. The fourth-order valence-electron chi connectivity index (χ4n) is 2.10. The minimum atomic E-state index is -0.712. The molecule has 0 aliphatic carbocycles. The van der Waals surface area contributed by atoms with E-state index < -0.39 is 6.10 Å². The molecule has 1 aromatic rings. The average Bonchev–Trinajstić information content (AvgIpc) is 2.95. The van der Waals surface area contributed by atoms with Crippen molar-refractivity contribution in [2.75, 3.05) is 13.4 Å². The molecule has 1 saturated heterocycles. The molecule has 17 heavy (non-hydrogen) atoms. The molecule has 0 aromatic heterocycles. The van der Waals surface area contributed by atoms with Crippen molar-refractivity contribution in [1.29, 1.82) is 0 Å². The fraction of sp³-hybridized carbons (Fsp3) is 0.417. The molecule has 2 heterocycles. The van der Waals surface area contributed by atoms with Gasteiger partial charge in [-0.25, -0.2) is 0 Å². The van der Waals surface area contributed by atoms with E-state index in [1.165, 1.54) is 0 Å². The molecule has 0 amide bonds. The summed E-state index contributed by atoms with van der Waals surface area (Å²) in [5, 5.41) is 10.1. The Labute approximate surface area is 97.9 Å². The Kier molecular flexibility index (Phi) is 2.40. The molecule has 1 fully saturated rings. The summed E-state index contributed by atoms with van der Waals surface area (Å²) in [6, 6.07) is 5.29. The zero-order valence-electron chi connectivity index (χ0n) is 9.09. The van der Waals surface area contributed by atoms with E-state index in [0.717, 1.165) is 5.56 Å². The quantitative estimate of drug-likeness (QED) is 0.776. The van der Waals surface area contributed by atoms with Gasteiger partial charge < -0.3 is 19.3 Å². The number of rotatable bonds is 2. The molecule has 90 valence electrons. The largest absolute Gasteiger partial charge is 0.465 e. The van der Waals surface area contributed by atoms with Gasteiger partial charge in [0.05, 0.1) is 19.1 Å². The summed E-state index contributed by atoms with van der Waals surface area (Å²) in [6.07, 6.45) is -0.453. The van der Waals surface area contributed by atoms with Crippen LogP contribution < -0.4 is 9.47 Å². The van der Waals surface area contributed by atoms with Gasteiger partial charge in [0.1, 0.15) is 0 Å². The van der Waals surface area contributed by atoms with Crippen LogP contribution in [0.1, 0.15) is 18.1 Å². The Morgan fingerprint density at radius 1 is 1.24 bits per heavy atom. The van der Waals surface area contributed by atoms with Crippen molar-refractivity contribution in [3.63, 3.8) is 0 Å². The molecule has 2 atom stereocenters. The third-order valence-electron chi connectivity index (χ3n) is 3.07. The van der Waals surface area contributed by atoms with Crippen LogP contribution in [0, 0.1) is 5.92 Å². The number of hydrogen-bond acceptors (Lipinski definition) is 5. The molecule has 0 bridgehead atoms. The first-order chi connectivity index (χ1) is 8.24. The molecule has 1 aromatic carbocycles. The van der Waals surface area contributed by atoms with Crippen LogP contribution in [0.25, 0.3) is 0 Å². The van der Waals surface area contributed by atoms with Crippen LogP contribution in [0.15, 0.2) is 18.2 Å². The van der Waals surface area contributed by atoms with Crippen LogP contribution in [0.5, 0.6) is 11.5 Å². The Morgan fingerprint density at radius 3 is 2.82 bits per heavy atom. The van der Waals surface area contributed by atoms with Gasteiger partial charge in [0, 0.05) is 5.92 Å². The van der Waals surface area contributed by atoms with Gasteiger partial charge in [0.25, 0.3) is 0 Å². The number of carbonyl (C=O) groups is 1. The maximum Gasteiger partial charge on any atom is 0.306 e. The van der Waals surface area contributed by atoms with Gasteiger partial charge in [-0.3, -0.25) is 4.79 Å². The van der Waals surface area contributed by atoms with Crippen molar-refractivity contribution in [2.45, 2.75) is 12.5 Å². The van der Waals surface area contributed by atoms with Gasteiger partial charge in [0.2, 0.25) is 6.79 Å². The lowest BCUT2D eigenvalue weighted by Gasteiger charge is -2.15. The Hall–Kier alpha value is -1.75. The number of ether oxygens (including phenoxy) is 3. The van der Waals surface area contributed by atoms with Gasteiger partial charge in [-0.05, 0) is 17.7 Å². The van der Waals surface area contributed by atoms with E-state index in [-0.39, 0.29) is 31.7 Å². The molecule has 0 spiro atoms. The summed E-state index contributed by atoms with van der Waals surface area (Å²) in [4.78, 5) is 11.0. The maximum absolute atomic E-state index is 11.0. The predicted molar refractivity (Wildman–Crippen MR) is 56.6 cm³/mol. The smallest absolute Gasteiger partial charge is 0.306 e. The van der Waals surface area contributed by atoms with Crippen molar-refractivity contribution < 1.29 is 24.1 Å². The number of aliphatic hydroxyl groups is 1. The van der Waals surface area contributed by atoms with Crippen LogP contribution in [0.3, 0.4) is 0 Å². The summed E-state index contributed by atoms with van der Waals surface area (Å²) >= 11 is 0. The second-order valence-corrected chi connectivity index (χ2v) is 4.20. The number of aliphatic hydroxyl groups excluding tert-OH is 1. The first-order valence-corrected chi connectivity index (χ1v) is 5.47. The Balaban J connectivity index is 1.81. The minimum absolute atomic E-state index is 0.178. The zero-order chi connectivity index (χ0) is 11.8. The standard InChI is InChI=1S/C12H12O5/c13-11-4-8(5-15-11)12(14)7-1-2-9-10(3-7)17-6-16-9/h1-3,8,12,14H,4-6H2/t8-,12+/m1/s1. The first-order valence-electron chi connectivity index (χ1n) is 5.47. The molecule has 0 unspecified atom stereocenters. The van der Waals surface area contributed by atoms with E-state index in [9.17, 15) is 9.90 Å². The molecule has 3 rings (SSSR count). The number of cyclic esters (lactones) is 1. The van der Waals surface area contributed by atoms with Gasteiger partial charge in [-0.1, -0.05) is 6.07 Å². The third kappa shape index (κ3) is 1.82. The summed E-state index contributed by atoms with van der Waals surface area (Å²) in [5.41, 5.74) is 0.720. The summed E-state index contributed by atoms with van der Waals surface area (Å²) in [7, 11) is 0. The van der Waals surface area contributed by atoms with Crippen LogP contribution in [0.4, 0.5) is 0 Å². The SMILES string of the molecule is O=C1C[C@@H]([C@@H](O)c2ccc3c(c2)OCO3)CO1. The van der Waals surface area contributed by atoms with Gasteiger partial charge in [0.15, 0.2) is 11.5 Å². The monoisotopic (exact) mass is 236 g/mol. The lowest BCUT2D eigenvalue weighted by atomic mass is 9.95. The van der Waals surface area contributed by atoms with E-state index in [1.807, 2.05) is 0 Å². The summed E-state index contributed by atoms with van der Waals surface area (Å²) in [5.74, 6) is 0.879. The lowest BCUT2D eigenvalue weighted by molar-refractivity contribution is -0.137. The van der Waals surface area contributed by atoms with Gasteiger partial charge in [-0.15, -0.1) is 0 Å². The Bertz CT molecular complexity index is 456. The number of carbonyl (C=O) groups excluding carboxylic acids is 1. The van der Waals surface area contributed by atoms with Gasteiger partial charge in [-0.2, -0.15) is 0 Å². The molecular formula is C12H12O5. The highest BCUT2D eigenvalue weighted by Gasteiger charge is 2.31. The fourth-order valence-corrected chi connectivity index (χ4v) is 2.10. The van der Waals surface area contributed by atoms with E-state index in [4.69, 9.17) is 14.2 Å². The number of fused-ring (bicyclic) bond motifs is 1. The highest BCUT2D eigenvalue weighted by atomic mass is 16.7. The summed E-state index contributed by atoms with van der Waals surface area (Å²) < 4.78 is 15.3. The lowest BCUT2D eigenvalue weighted by Crippen LogP contribution is -2.12.